The van der Waals surface area contributed by atoms with E-state index in [0.29, 0.717) is 5.13 Å². The molecule has 128 valence electrons. The normalized spacial score (nSPS) is 11.2. The zero-order valence-corrected chi connectivity index (χ0v) is 15.4. The van der Waals surface area contributed by atoms with Crippen LogP contribution in [0.4, 0.5) is 5.13 Å². The van der Waals surface area contributed by atoms with Gasteiger partial charge in [-0.3, -0.25) is 20.1 Å². The molecule has 25 heavy (non-hydrogen) atoms. The average molecular weight is 352 g/mol. The molecule has 0 spiro atoms. The Bertz CT molecular complexity index is 854. The number of nitrogens with one attached hydrogen (secondary N) is 1. The van der Waals surface area contributed by atoms with E-state index in [0.717, 1.165) is 28.2 Å². The van der Waals surface area contributed by atoms with Crippen molar-refractivity contribution >= 4 is 28.6 Å². The predicted octanol–water partition coefficient (Wildman–Crippen LogP) is 4.40. The Morgan fingerprint density at radius 2 is 2.04 bits per heavy atom. The van der Waals surface area contributed by atoms with Crippen molar-refractivity contribution in [1.82, 2.24) is 9.97 Å². The van der Waals surface area contributed by atoms with Gasteiger partial charge in [-0.15, -0.1) is 11.3 Å². The number of carbonyl (C=O) groups is 1. The zero-order chi connectivity index (χ0) is 18.4. The van der Waals surface area contributed by atoms with Gasteiger partial charge in [0.1, 0.15) is 5.70 Å². The van der Waals surface area contributed by atoms with Crippen molar-refractivity contribution in [2.24, 2.45) is 4.99 Å². The maximum absolute atomic E-state index is 12.1. The van der Waals surface area contributed by atoms with Gasteiger partial charge >= 0.3 is 0 Å². The van der Waals surface area contributed by atoms with Gasteiger partial charge in [-0.2, -0.15) is 0 Å². The van der Waals surface area contributed by atoms with Gasteiger partial charge in [0.2, 0.25) is 0 Å². The molecular formula is C19H20N4OS. The lowest BCUT2D eigenvalue weighted by Crippen LogP contribution is -2.12. The van der Waals surface area contributed by atoms with E-state index in [2.05, 4.69) is 33.4 Å². The van der Waals surface area contributed by atoms with E-state index in [9.17, 15) is 4.79 Å². The molecule has 0 saturated carbocycles. The molecule has 0 bridgehead atoms. The molecule has 2 aromatic rings. The summed E-state index contributed by atoms with van der Waals surface area (Å²) < 4.78 is 0. The Morgan fingerprint density at radius 3 is 2.72 bits per heavy atom. The second kappa shape index (κ2) is 8.30. The summed E-state index contributed by atoms with van der Waals surface area (Å²) in [6.07, 6.45) is 6.49. The number of aliphatic imine (C=N–C) groups is 1. The Hall–Kier alpha value is -2.86. The van der Waals surface area contributed by atoms with Gasteiger partial charge in [-0.05, 0) is 38.5 Å². The molecule has 0 saturated heterocycles. The average Bonchev–Trinajstić information content (AvgIpc) is 2.98. The molecule has 0 aliphatic carbocycles. The highest BCUT2D eigenvalue weighted by atomic mass is 32.1. The van der Waals surface area contributed by atoms with E-state index < -0.39 is 0 Å². The monoisotopic (exact) mass is 352 g/mol. The first kappa shape index (κ1) is 18.5. The highest BCUT2D eigenvalue weighted by Crippen LogP contribution is 2.29. The van der Waals surface area contributed by atoms with Crippen molar-refractivity contribution in [2.75, 3.05) is 5.32 Å². The number of thiazole rings is 1. The Labute approximate surface area is 151 Å². The second-order valence-electron chi connectivity index (χ2n) is 5.38. The molecule has 0 aromatic carbocycles. The van der Waals surface area contributed by atoms with Crippen molar-refractivity contribution < 1.29 is 4.79 Å². The number of allylic oxidation sites excluding steroid dienone is 3. The van der Waals surface area contributed by atoms with Crippen molar-refractivity contribution in [3.8, 4) is 11.3 Å². The summed E-state index contributed by atoms with van der Waals surface area (Å²) in [4.78, 5) is 25.0. The molecule has 0 fully saturated rings. The van der Waals surface area contributed by atoms with Crippen LogP contribution in [0.2, 0.25) is 0 Å². The molecule has 5 nitrogen and oxygen atoms in total. The van der Waals surface area contributed by atoms with E-state index in [1.54, 1.807) is 18.2 Å². The Balaban J connectivity index is 2.13. The first-order chi connectivity index (χ1) is 11.9. The van der Waals surface area contributed by atoms with Gasteiger partial charge in [-0.25, -0.2) is 4.98 Å². The van der Waals surface area contributed by atoms with Crippen molar-refractivity contribution in [1.29, 1.82) is 0 Å². The summed E-state index contributed by atoms with van der Waals surface area (Å²) in [6.45, 7) is 13.2. The number of aromatic nitrogens is 2. The number of hydrogen-bond donors (Lipinski definition) is 1. The van der Waals surface area contributed by atoms with E-state index in [4.69, 9.17) is 0 Å². The minimum Gasteiger partial charge on any atom is -0.296 e. The fourth-order valence-electron chi connectivity index (χ4n) is 2.35. The SMILES string of the molecule is C=C/C=C\C=NC(=C)C(=O)Nc1nc(-c2c(C)cc(C)nc2C)cs1. The first-order valence-electron chi connectivity index (χ1n) is 7.65. The standard InChI is InChI=1S/C19H20N4OS/c1-6-7-8-9-20-15(5)18(24)23-19-22-16(11-25-19)17-12(2)10-13(3)21-14(17)4/h6-11H,1,5H2,2-4H3,(H,22,23,24)/b8-7-,20-9?. The number of amides is 1. The third-order valence-electron chi connectivity index (χ3n) is 3.33. The molecule has 0 unspecified atom stereocenters. The van der Waals surface area contributed by atoms with Crippen LogP contribution in [-0.4, -0.2) is 22.1 Å². The van der Waals surface area contributed by atoms with Crippen LogP contribution in [-0.2, 0) is 4.79 Å². The lowest BCUT2D eigenvalue weighted by molar-refractivity contribution is -0.112. The molecule has 2 rings (SSSR count). The summed E-state index contributed by atoms with van der Waals surface area (Å²) in [5.74, 6) is -0.389. The summed E-state index contributed by atoms with van der Waals surface area (Å²) in [5.41, 5.74) is 4.90. The number of aryl methyl sites for hydroxylation is 3. The van der Waals surface area contributed by atoms with Crippen molar-refractivity contribution in [3.63, 3.8) is 0 Å². The topological polar surface area (TPSA) is 67.2 Å². The Morgan fingerprint density at radius 1 is 1.28 bits per heavy atom. The lowest BCUT2D eigenvalue weighted by atomic mass is 10.0. The highest BCUT2D eigenvalue weighted by molar-refractivity contribution is 7.14. The van der Waals surface area contributed by atoms with Gasteiger partial charge in [0.25, 0.3) is 5.91 Å². The van der Waals surface area contributed by atoms with E-state index in [1.165, 1.54) is 17.6 Å². The van der Waals surface area contributed by atoms with Crippen LogP contribution >= 0.6 is 11.3 Å². The number of anilines is 1. The van der Waals surface area contributed by atoms with E-state index >= 15 is 0 Å². The molecule has 2 aromatic heterocycles. The van der Waals surface area contributed by atoms with Gasteiger partial charge in [0.15, 0.2) is 5.13 Å². The first-order valence-corrected chi connectivity index (χ1v) is 8.53. The van der Waals surface area contributed by atoms with Gasteiger partial charge in [-0.1, -0.05) is 25.3 Å². The highest BCUT2D eigenvalue weighted by Gasteiger charge is 2.14. The van der Waals surface area contributed by atoms with Crippen LogP contribution < -0.4 is 5.32 Å². The third-order valence-corrected chi connectivity index (χ3v) is 4.09. The predicted molar refractivity (Wildman–Crippen MR) is 105 cm³/mol. The molecule has 1 N–H and O–H groups in total. The molecule has 2 heterocycles. The molecule has 0 radical (unpaired) electrons. The lowest BCUT2D eigenvalue weighted by Gasteiger charge is -2.07. The molecular weight excluding hydrogens is 332 g/mol. The minimum atomic E-state index is -0.389. The van der Waals surface area contributed by atoms with Crippen LogP contribution in [0.3, 0.4) is 0 Å². The summed E-state index contributed by atoms with van der Waals surface area (Å²) in [6, 6.07) is 2.02. The van der Waals surface area contributed by atoms with Gasteiger partial charge < -0.3 is 0 Å². The molecule has 0 atom stereocenters. The number of carbonyl (C=O) groups excluding carboxylic acids is 1. The van der Waals surface area contributed by atoms with Crippen molar-refractivity contribution in [3.05, 3.63) is 65.5 Å². The zero-order valence-electron chi connectivity index (χ0n) is 14.5. The quantitative estimate of drug-likeness (QED) is 0.476. The van der Waals surface area contributed by atoms with E-state index in [1.807, 2.05) is 32.2 Å². The van der Waals surface area contributed by atoms with Crippen molar-refractivity contribution in [2.45, 2.75) is 20.8 Å². The van der Waals surface area contributed by atoms with Crippen LogP contribution in [0.5, 0.6) is 0 Å². The third kappa shape index (κ3) is 4.81. The number of rotatable bonds is 6. The van der Waals surface area contributed by atoms with Crippen LogP contribution in [0, 0.1) is 20.8 Å². The Kier molecular flexibility index (Phi) is 6.14. The van der Waals surface area contributed by atoms with Crippen LogP contribution in [0.25, 0.3) is 11.3 Å². The smallest absolute Gasteiger partial charge is 0.275 e. The number of hydrogen-bond acceptors (Lipinski definition) is 5. The number of pyridine rings is 1. The molecule has 0 aliphatic heterocycles. The molecule has 0 aliphatic rings. The molecule has 6 heteroatoms. The van der Waals surface area contributed by atoms with Crippen LogP contribution in [0.15, 0.2) is 53.5 Å². The van der Waals surface area contributed by atoms with Crippen LogP contribution in [0.1, 0.15) is 17.0 Å². The molecule has 1 amide bonds. The van der Waals surface area contributed by atoms with E-state index in [-0.39, 0.29) is 11.6 Å². The second-order valence-corrected chi connectivity index (χ2v) is 6.24. The minimum absolute atomic E-state index is 0.106. The summed E-state index contributed by atoms with van der Waals surface area (Å²) in [7, 11) is 0. The fourth-order valence-corrected chi connectivity index (χ4v) is 3.04. The summed E-state index contributed by atoms with van der Waals surface area (Å²) >= 11 is 1.35. The fraction of sp³-hybridized carbons (Fsp3) is 0.158. The largest absolute Gasteiger partial charge is 0.296 e. The maximum Gasteiger partial charge on any atom is 0.275 e. The van der Waals surface area contributed by atoms with Gasteiger partial charge in [0.05, 0.1) is 5.69 Å². The summed E-state index contributed by atoms with van der Waals surface area (Å²) in [5, 5.41) is 5.11. The maximum atomic E-state index is 12.1. The number of nitrogens with zero attached hydrogens (tertiary/aromatic N) is 3. The van der Waals surface area contributed by atoms with Gasteiger partial charge in [0, 0.05) is 28.5 Å².